The topological polar surface area (TPSA) is 82.1 Å². The molecule has 1 atom stereocenters. The van der Waals surface area contributed by atoms with Crippen LogP contribution in [0, 0.1) is 10.8 Å². The quantitative estimate of drug-likeness (QED) is 0.474. The third-order valence-electron chi connectivity index (χ3n) is 1.68. The summed E-state index contributed by atoms with van der Waals surface area (Å²) in [5.74, 6) is -0.515. The fraction of sp³-hybridized carbons (Fsp3) is 0.909. The van der Waals surface area contributed by atoms with E-state index < -0.39 is 26.0 Å². The number of phosphoric acid groups is 1. The van der Waals surface area contributed by atoms with Crippen molar-refractivity contribution in [3.63, 3.8) is 0 Å². The van der Waals surface area contributed by atoms with Crippen molar-refractivity contribution in [1.29, 1.82) is 0 Å². The molecule has 18 heavy (non-hydrogen) atoms. The minimum absolute atomic E-state index is 0.0635. The maximum atomic E-state index is 11.4. The van der Waals surface area contributed by atoms with Gasteiger partial charge in [0, 0.05) is 0 Å². The van der Waals surface area contributed by atoms with E-state index in [1.165, 1.54) is 0 Å². The van der Waals surface area contributed by atoms with Crippen molar-refractivity contribution in [2.24, 2.45) is 10.8 Å². The largest absolute Gasteiger partial charge is 0.475 e. The number of phosphoric ester groups is 1. The van der Waals surface area contributed by atoms with E-state index in [0.29, 0.717) is 0 Å². The number of ether oxygens (including phenoxy) is 1. The van der Waals surface area contributed by atoms with Gasteiger partial charge < -0.3 is 9.63 Å². The van der Waals surface area contributed by atoms with Gasteiger partial charge in [0.2, 0.25) is 6.79 Å². The molecule has 0 spiro atoms. The third kappa shape index (κ3) is 8.64. The number of carbonyl (C=O) groups excluding carboxylic acids is 1. The highest BCUT2D eigenvalue weighted by Crippen LogP contribution is 2.44. The first-order valence-corrected chi connectivity index (χ1v) is 7.12. The lowest BCUT2D eigenvalue weighted by atomic mass is 9.98. The Kier molecular flexibility index (Phi) is 6.01. The van der Waals surface area contributed by atoms with Crippen LogP contribution in [0.1, 0.15) is 41.5 Å². The maximum Gasteiger partial charge on any atom is 0.475 e. The summed E-state index contributed by atoms with van der Waals surface area (Å²) in [7, 11) is -4.17. The number of rotatable bonds is 5. The summed E-state index contributed by atoms with van der Waals surface area (Å²) in [5.41, 5.74) is -0.946. The van der Waals surface area contributed by atoms with Crippen LogP contribution in [0.3, 0.4) is 0 Å². The van der Waals surface area contributed by atoms with E-state index in [-0.39, 0.29) is 12.0 Å². The molecule has 0 aromatic heterocycles. The minimum Gasteiger partial charge on any atom is -0.437 e. The molecule has 0 fully saturated rings. The number of carbonyl (C=O) groups is 1. The zero-order valence-corrected chi connectivity index (χ0v) is 12.7. The molecule has 0 amide bonds. The Balaban J connectivity index is 4.06. The van der Waals surface area contributed by atoms with Crippen molar-refractivity contribution in [3.8, 4) is 0 Å². The highest BCUT2D eigenvalue weighted by molar-refractivity contribution is 7.47. The Bertz CT molecular complexity index is 325. The van der Waals surface area contributed by atoms with Crippen molar-refractivity contribution in [2.75, 3.05) is 13.4 Å². The van der Waals surface area contributed by atoms with Gasteiger partial charge in [-0.3, -0.25) is 9.32 Å². The van der Waals surface area contributed by atoms with Gasteiger partial charge in [-0.05, 0) is 26.2 Å². The lowest BCUT2D eigenvalue weighted by molar-refractivity contribution is -0.160. The number of hydrogen-bond acceptors (Lipinski definition) is 5. The highest BCUT2D eigenvalue weighted by Gasteiger charge is 2.27. The van der Waals surface area contributed by atoms with Gasteiger partial charge in [-0.1, -0.05) is 20.8 Å². The second kappa shape index (κ2) is 6.15. The summed E-state index contributed by atoms with van der Waals surface area (Å²) in [4.78, 5) is 20.7. The third-order valence-corrected chi connectivity index (χ3v) is 2.57. The van der Waals surface area contributed by atoms with Gasteiger partial charge in [0.05, 0.1) is 12.0 Å². The summed E-state index contributed by atoms with van der Waals surface area (Å²) in [6.07, 6.45) is 0. The van der Waals surface area contributed by atoms with Gasteiger partial charge in [-0.2, -0.15) is 0 Å². The molecule has 0 aromatic carbocycles. The van der Waals surface area contributed by atoms with E-state index in [1.54, 1.807) is 20.8 Å². The second-order valence-corrected chi connectivity index (χ2v) is 7.68. The normalized spacial score (nSPS) is 16.2. The molecule has 0 heterocycles. The van der Waals surface area contributed by atoms with Crippen LogP contribution in [0.5, 0.6) is 0 Å². The summed E-state index contributed by atoms with van der Waals surface area (Å²) >= 11 is 0. The summed E-state index contributed by atoms with van der Waals surface area (Å²) in [5, 5.41) is 0. The highest BCUT2D eigenvalue weighted by atomic mass is 31.2. The molecule has 0 radical (unpaired) electrons. The predicted molar refractivity (Wildman–Crippen MR) is 66.7 cm³/mol. The molecule has 108 valence electrons. The van der Waals surface area contributed by atoms with E-state index in [1.807, 2.05) is 20.8 Å². The fourth-order valence-corrected chi connectivity index (χ4v) is 1.49. The molecular formula is C11H23O6P. The molecule has 6 nitrogen and oxygen atoms in total. The Morgan fingerprint density at radius 1 is 1.11 bits per heavy atom. The van der Waals surface area contributed by atoms with Crippen molar-refractivity contribution >= 4 is 13.8 Å². The van der Waals surface area contributed by atoms with Crippen LogP contribution < -0.4 is 0 Å². The average Bonchev–Trinajstić information content (AvgIpc) is 2.12. The number of esters is 1. The van der Waals surface area contributed by atoms with E-state index in [2.05, 4.69) is 4.52 Å². The van der Waals surface area contributed by atoms with Crippen molar-refractivity contribution in [3.05, 3.63) is 0 Å². The van der Waals surface area contributed by atoms with E-state index >= 15 is 0 Å². The van der Waals surface area contributed by atoms with Gasteiger partial charge in [-0.25, -0.2) is 9.09 Å². The number of hydrogen-bond donors (Lipinski definition) is 1. The first kappa shape index (κ1) is 17.6. The molecule has 1 unspecified atom stereocenters. The summed E-state index contributed by atoms with van der Waals surface area (Å²) in [6, 6.07) is 0. The Hall–Kier alpha value is -0.420. The fourth-order valence-electron chi connectivity index (χ4n) is 0.675. The standard InChI is InChI=1S/C11H23O6P/c1-10(2,3)7-16-18(13,14)17-8-15-9(12)11(4,5)6/h7-8H2,1-6H3,(H,13,14). The SMILES string of the molecule is CC(C)(C)COP(=O)(O)OCOC(=O)C(C)(C)C. The van der Waals surface area contributed by atoms with Gasteiger partial charge in [0.1, 0.15) is 0 Å². The molecule has 0 bridgehead atoms. The zero-order chi connectivity index (χ0) is 14.6. The van der Waals surface area contributed by atoms with Crippen LogP contribution in [0.25, 0.3) is 0 Å². The van der Waals surface area contributed by atoms with Crippen LogP contribution in [0.15, 0.2) is 0 Å². The molecule has 0 aliphatic carbocycles. The molecular weight excluding hydrogens is 259 g/mol. The molecule has 7 heteroatoms. The van der Waals surface area contributed by atoms with Gasteiger partial charge in [0.25, 0.3) is 0 Å². The first-order chi connectivity index (χ1) is 7.83. The van der Waals surface area contributed by atoms with Gasteiger partial charge in [-0.15, -0.1) is 0 Å². The van der Waals surface area contributed by atoms with Crippen LogP contribution in [-0.2, 0) is 23.1 Å². The Morgan fingerprint density at radius 3 is 2.00 bits per heavy atom. The van der Waals surface area contributed by atoms with Crippen molar-refractivity contribution in [2.45, 2.75) is 41.5 Å². The van der Waals surface area contributed by atoms with Crippen molar-refractivity contribution in [1.82, 2.24) is 0 Å². The molecule has 0 aliphatic rings. The summed E-state index contributed by atoms with van der Waals surface area (Å²) < 4.78 is 25.4. The molecule has 0 aliphatic heterocycles. The minimum atomic E-state index is -4.17. The monoisotopic (exact) mass is 282 g/mol. The molecule has 0 saturated heterocycles. The van der Waals surface area contributed by atoms with Gasteiger partial charge >= 0.3 is 13.8 Å². The average molecular weight is 282 g/mol. The van der Waals surface area contributed by atoms with Crippen molar-refractivity contribution < 1.29 is 28.0 Å². The molecule has 0 rings (SSSR count). The molecule has 0 saturated carbocycles. The smallest absolute Gasteiger partial charge is 0.437 e. The van der Waals surface area contributed by atoms with E-state index in [9.17, 15) is 14.3 Å². The first-order valence-electron chi connectivity index (χ1n) is 5.63. The van der Waals surface area contributed by atoms with Crippen LogP contribution in [0.4, 0.5) is 0 Å². The summed E-state index contributed by atoms with van der Waals surface area (Å²) in [6.45, 7) is 10.0. The molecule has 1 N–H and O–H groups in total. The maximum absolute atomic E-state index is 11.4. The van der Waals surface area contributed by atoms with Crippen LogP contribution in [0.2, 0.25) is 0 Å². The Labute approximate surface area is 108 Å². The van der Waals surface area contributed by atoms with Crippen LogP contribution >= 0.6 is 7.82 Å². The predicted octanol–water partition coefficient (Wildman–Crippen LogP) is 2.71. The molecule has 0 aromatic rings. The lowest BCUT2D eigenvalue weighted by Crippen LogP contribution is -2.24. The zero-order valence-electron chi connectivity index (χ0n) is 11.8. The van der Waals surface area contributed by atoms with Crippen LogP contribution in [-0.4, -0.2) is 24.3 Å². The second-order valence-electron chi connectivity index (χ2n) is 6.23. The van der Waals surface area contributed by atoms with E-state index in [0.717, 1.165) is 0 Å². The van der Waals surface area contributed by atoms with Gasteiger partial charge in [0.15, 0.2) is 0 Å². The lowest BCUT2D eigenvalue weighted by Gasteiger charge is -2.21. The van der Waals surface area contributed by atoms with E-state index in [4.69, 9.17) is 9.26 Å². The Morgan fingerprint density at radius 2 is 1.61 bits per heavy atom.